The third kappa shape index (κ3) is 5.29. The van der Waals surface area contributed by atoms with Gasteiger partial charge in [-0.1, -0.05) is 19.9 Å². The lowest BCUT2D eigenvalue weighted by Crippen LogP contribution is -2.49. The summed E-state index contributed by atoms with van der Waals surface area (Å²) in [7, 11) is 1.77. The van der Waals surface area contributed by atoms with Gasteiger partial charge in [0.2, 0.25) is 10.8 Å². The molecule has 3 heterocycles. The van der Waals surface area contributed by atoms with Crippen LogP contribution in [0.2, 0.25) is 0 Å². The second-order valence-corrected chi connectivity index (χ2v) is 11.0. The van der Waals surface area contributed by atoms with Crippen LogP contribution >= 0.6 is 0 Å². The minimum Gasteiger partial charge on any atom is -0.296 e. The second-order valence-electron chi connectivity index (χ2n) is 11.0. The van der Waals surface area contributed by atoms with Crippen molar-refractivity contribution in [2.45, 2.75) is 64.5 Å². The number of hydrogen-bond acceptors (Lipinski definition) is 6. The number of hydrogen-bond donors (Lipinski definition) is 1. The lowest BCUT2D eigenvalue weighted by molar-refractivity contribution is -0.829. The largest absolute Gasteiger partial charge is 0.329 e. The highest BCUT2D eigenvalue weighted by Gasteiger charge is 2.36. The van der Waals surface area contributed by atoms with Crippen molar-refractivity contribution in [2.75, 3.05) is 31.1 Å². The Balaban J connectivity index is 1.25. The monoisotopic (exact) mass is 527 g/mol. The van der Waals surface area contributed by atoms with E-state index < -0.39 is 6.03 Å². The molecule has 2 aromatic rings. The number of benzene rings is 1. The molecule has 2 aliphatic heterocycles. The number of urea groups is 1. The smallest absolute Gasteiger partial charge is 0.296 e. The van der Waals surface area contributed by atoms with Crippen LogP contribution in [0.1, 0.15) is 57.9 Å². The highest BCUT2D eigenvalue weighted by molar-refractivity contribution is 6.09. The molecule has 1 N–H and O–H groups in total. The van der Waals surface area contributed by atoms with E-state index >= 15 is 4.39 Å². The van der Waals surface area contributed by atoms with Crippen molar-refractivity contribution >= 4 is 34.2 Å². The summed E-state index contributed by atoms with van der Waals surface area (Å²) in [5.41, 5.74) is 2.24. The SMILES string of the molecule is CC(C)CO[N+](=O)C1CCC(N2CC=C(c3cc4c(cc3F)c(N3CCC(=O)NC3=O)nn4C)CC2)CC1. The molecule has 1 aromatic heterocycles. The van der Waals surface area contributed by atoms with Gasteiger partial charge in [-0.05, 0) is 42.9 Å². The van der Waals surface area contributed by atoms with Crippen molar-refractivity contribution in [1.29, 1.82) is 0 Å². The topological polar surface area (TPSA) is 99.8 Å². The number of carbonyl (C=O) groups excluding carboxylic acids is 2. The van der Waals surface area contributed by atoms with Gasteiger partial charge in [0.15, 0.2) is 12.4 Å². The van der Waals surface area contributed by atoms with Crippen molar-refractivity contribution in [3.8, 4) is 0 Å². The maximum absolute atomic E-state index is 15.4. The Morgan fingerprint density at radius 3 is 2.58 bits per heavy atom. The molecule has 1 saturated heterocycles. The normalized spacial score (nSPS) is 23.1. The van der Waals surface area contributed by atoms with Crippen molar-refractivity contribution < 1.29 is 23.7 Å². The van der Waals surface area contributed by atoms with Crippen molar-refractivity contribution in [3.63, 3.8) is 0 Å². The summed E-state index contributed by atoms with van der Waals surface area (Å²) in [6, 6.07) is 3.04. The summed E-state index contributed by atoms with van der Waals surface area (Å²) in [5, 5.41) is 7.30. The first-order valence-corrected chi connectivity index (χ1v) is 13.5. The quantitative estimate of drug-likeness (QED) is 0.548. The number of carbonyl (C=O) groups is 2. The third-order valence-electron chi connectivity index (χ3n) is 7.83. The molecule has 11 heteroatoms. The Labute approximate surface area is 221 Å². The van der Waals surface area contributed by atoms with Crippen LogP contribution in [-0.2, 0) is 16.7 Å². The number of aromatic nitrogens is 2. The molecule has 1 aliphatic carbocycles. The molecule has 5 rings (SSSR count). The Morgan fingerprint density at radius 2 is 1.92 bits per heavy atom. The maximum Gasteiger partial charge on any atom is 0.329 e. The van der Waals surface area contributed by atoms with Gasteiger partial charge in [-0.2, -0.15) is 5.10 Å². The molecule has 1 aromatic carbocycles. The average Bonchev–Trinajstić information content (AvgIpc) is 3.21. The Kier molecular flexibility index (Phi) is 7.47. The van der Waals surface area contributed by atoms with Gasteiger partial charge in [0, 0.05) is 62.9 Å². The summed E-state index contributed by atoms with van der Waals surface area (Å²) in [4.78, 5) is 46.1. The maximum atomic E-state index is 15.4. The second kappa shape index (κ2) is 10.8. The molecule has 1 saturated carbocycles. The van der Waals surface area contributed by atoms with E-state index in [9.17, 15) is 14.5 Å². The van der Waals surface area contributed by atoms with E-state index in [1.807, 2.05) is 13.8 Å². The predicted molar refractivity (Wildman–Crippen MR) is 141 cm³/mol. The van der Waals surface area contributed by atoms with Gasteiger partial charge >= 0.3 is 6.03 Å². The highest BCUT2D eigenvalue weighted by Crippen LogP contribution is 2.34. The number of amides is 3. The Hall–Kier alpha value is -3.34. The molecule has 3 aliphatic rings. The minimum atomic E-state index is -0.541. The summed E-state index contributed by atoms with van der Waals surface area (Å²) >= 11 is 0. The zero-order chi connectivity index (χ0) is 27.0. The molecule has 0 atom stereocenters. The van der Waals surface area contributed by atoms with E-state index in [-0.39, 0.29) is 30.7 Å². The van der Waals surface area contributed by atoms with Crippen molar-refractivity contribution in [1.82, 2.24) is 20.0 Å². The number of fused-ring (bicyclic) bond motifs is 1. The van der Waals surface area contributed by atoms with Gasteiger partial charge in [0.25, 0.3) is 6.04 Å². The van der Waals surface area contributed by atoms with E-state index in [1.165, 1.54) is 11.0 Å². The number of imide groups is 1. The fraction of sp³-hybridized carbons (Fsp3) is 0.593. The standard InChI is InChI=1S/C27H35FN6O4/c1-17(2)16-38-34(37)20-6-4-19(5-7-20)32-11-8-18(9-12-32)21-15-24-22(14-23(21)28)26(30-31(24)3)33-13-10-25(35)29-27(33)36/h8,14-15,17,19-20H,4-7,9-13,16H2,1-3H3/p+1. The average molecular weight is 528 g/mol. The first-order valence-electron chi connectivity index (χ1n) is 13.5. The highest BCUT2D eigenvalue weighted by atomic mass is 19.1. The molecular formula is C27H36FN6O4+. The molecule has 0 radical (unpaired) electrons. The fourth-order valence-corrected chi connectivity index (χ4v) is 5.69. The predicted octanol–water partition coefficient (Wildman–Crippen LogP) is 3.93. The molecule has 204 valence electrons. The van der Waals surface area contributed by atoms with E-state index in [1.54, 1.807) is 17.8 Å². The van der Waals surface area contributed by atoms with Crippen LogP contribution in [-0.4, -0.2) is 69.9 Å². The minimum absolute atomic E-state index is 0.0815. The number of nitrogens with one attached hydrogen (secondary N) is 1. The van der Waals surface area contributed by atoms with Gasteiger partial charge in [-0.3, -0.25) is 24.6 Å². The summed E-state index contributed by atoms with van der Waals surface area (Å²) in [6.07, 6.45) is 6.54. The van der Waals surface area contributed by atoms with Gasteiger partial charge in [-0.25, -0.2) is 14.0 Å². The fourth-order valence-electron chi connectivity index (χ4n) is 5.69. The van der Waals surface area contributed by atoms with Crippen LogP contribution in [0.15, 0.2) is 18.2 Å². The van der Waals surface area contributed by atoms with Crippen LogP contribution in [0.3, 0.4) is 0 Å². The van der Waals surface area contributed by atoms with Crippen LogP contribution in [0.5, 0.6) is 0 Å². The first-order chi connectivity index (χ1) is 18.2. The van der Waals surface area contributed by atoms with Gasteiger partial charge in [-0.15, -0.1) is 0 Å². The molecule has 2 fully saturated rings. The summed E-state index contributed by atoms with van der Waals surface area (Å²) in [5.74, 6) is 0.000946. The van der Waals surface area contributed by atoms with Crippen LogP contribution < -0.4 is 10.2 Å². The zero-order valence-corrected chi connectivity index (χ0v) is 22.3. The van der Waals surface area contributed by atoms with Crippen molar-refractivity contribution in [3.05, 3.63) is 34.5 Å². The Bertz CT molecular complexity index is 1280. The Morgan fingerprint density at radius 1 is 1.16 bits per heavy atom. The van der Waals surface area contributed by atoms with Gasteiger partial charge in [0.1, 0.15) is 5.82 Å². The summed E-state index contributed by atoms with van der Waals surface area (Å²) < 4.78 is 17.0. The molecule has 0 unspecified atom stereocenters. The number of aryl methyl sites for hydroxylation is 1. The number of nitrogens with zero attached hydrogens (tertiary/aromatic N) is 5. The molecule has 38 heavy (non-hydrogen) atoms. The van der Waals surface area contributed by atoms with E-state index in [0.717, 1.165) is 61.2 Å². The number of halogens is 1. The zero-order valence-electron chi connectivity index (χ0n) is 22.3. The van der Waals surface area contributed by atoms with E-state index in [2.05, 4.69) is 21.4 Å². The third-order valence-corrected chi connectivity index (χ3v) is 7.83. The molecular weight excluding hydrogens is 491 g/mol. The molecule has 0 bridgehead atoms. The van der Waals surface area contributed by atoms with Crippen LogP contribution in [0.4, 0.5) is 15.0 Å². The van der Waals surface area contributed by atoms with Crippen molar-refractivity contribution in [2.24, 2.45) is 13.0 Å². The summed E-state index contributed by atoms with van der Waals surface area (Å²) in [6.45, 7) is 6.29. The number of anilines is 1. The molecule has 10 nitrogen and oxygen atoms in total. The lowest BCUT2D eigenvalue weighted by Gasteiger charge is -2.36. The molecule has 0 spiro atoms. The van der Waals surface area contributed by atoms with Crippen LogP contribution in [0.25, 0.3) is 16.5 Å². The lowest BCUT2D eigenvalue weighted by atomic mass is 9.89. The van der Waals surface area contributed by atoms with Crippen LogP contribution in [0, 0.1) is 16.6 Å². The molecule has 3 amide bonds. The number of rotatable bonds is 7. The van der Waals surface area contributed by atoms with Gasteiger partial charge in [0.05, 0.1) is 10.4 Å². The first kappa shape index (κ1) is 26.3. The van der Waals surface area contributed by atoms with E-state index in [4.69, 9.17) is 4.84 Å². The van der Waals surface area contributed by atoms with Gasteiger partial charge < -0.3 is 0 Å². The van der Waals surface area contributed by atoms with E-state index in [0.29, 0.717) is 35.3 Å².